The maximum atomic E-state index is 4.00. The second-order valence-corrected chi connectivity index (χ2v) is 6.91. The molecule has 1 saturated heterocycles. The Morgan fingerprint density at radius 2 is 1.94 bits per heavy atom. The van der Waals surface area contributed by atoms with Crippen molar-refractivity contribution in [2.75, 3.05) is 13.6 Å². The molecule has 1 heterocycles. The van der Waals surface area contributed by atoms with Gasteiger partial charge in [-0.15, -0.1) is 0 Å². The standard InChI is InChI=1S/C16H32N2/c1-5-14-7-6-8-15(10-14)17-16-9-13(3)18(4)11-12(16)2/h12-17H,5-11H2,1-4H3. The Bertz CT molecular complexity index is 253. The Balaban J connectivity index is 1.84. The molecule has 2 aliphatic rings. The summed E-state index contributed by atoms with van der Waals surface area (Å²) in [5.74, 6) is 1.78. The second kappa shape index (κ2) is 6.38. The third-order valence-corrected chi connectivity index (χ3v) is 5.42. The Kier molecular flexibility index (Phi) is 5.08. The molecule has 1 aliphatic carbocycles. The summed E-state index contributed by atoms with van der Waals surface area (Å²) in [6.07, 6.45) is 8.43. The van der Waals surface area contributed by atoms with Crippen molar-refractivity contribution in [3.8, 4) is 0 Å². The van der Waals surface area contributed by atoms with Gasteiger partial charge < -0.3 is 10.2 Å². The summed E-state index contributed by atoms with van der Waals surface area (Å²) in [6, 6.07) is 2.29. The van der Waals surface area contributed by atoms with Crippen molar-refractivity contribution in [3.05, 3.63) is 0 Å². The zero-order valence-corrected chi connectivity index (χ0v) is 12.8. The lowest BCUT2D eigenvalue weighted by atomic mass is 9.82. The summed E-state index contributed by atoms with van der Waals surface area (Å²) in [7, 11) is 2.27. The zero-order valence-electron chi connectivity index (χ0n) is 12.8. The van der Waals surface area contributed by atoms with Crippen LogP contribution >= 0.6 is 0 Å². The molecular formula is C16H32N2. The van der Waals surface area contributed by atoms with Crippen molar-refractivity contribution < 1.29 is 0 Å². The molecule has 1 N–H and O–H groups in total. The van der Waals surface area contributed by atoms with Crippen molar-refractivity contribution >= 4 is 0 Å². The van der Waals surface area contributed by atoms with E-state index in [0.29, 0.717) is 0 Å². The highest BCUT2D eigenvalue weighted by molar-refractivity contribution is 4.89. The van der Waals surface area contributed by atoms with Crippen molar-refractivity contribution in [1.82, 2.24) is 10.2 Å². The van der Waals surface area contributed by atoms with Gasteiger partial charge in [0, 0.05) is 24.7 Å². The number of nitrogens with one attached hydrogen (secondary N) is 1. The molecule has 0 aromatic heterocycles. The molecule has 5 atom stereocenters. The van der Waals surface area contributed by atoms with Crippen LogP contribution in [0.3, 0.4) is 0 Å². The van der Waals surface area contributed by atoms with Crippen LogP contribution in [0, 0.1) is 11.8 Å². The maximum absolute atomic E-state index is 4.00. The van der Waals surface area contributed by atoms with Crippen molar-refractivity contribution in [2.45, 2.75) is 77.4 Å². The highest BCUT2D eigenvalue weighted by Crippen LogP contribution is 2.29. The molecule has 5 unspecified atom stereocenters. The van der Waals surface area contributed by atoms with Crippen molar-refractivity contribution in [2.24, 2.45) is 11.8 Å². The van der Waals surface area contributed by atoms with E-state index in [4.69, 9.17) is 0 Å². The Labute approximate surface area is 114 Å². The number of piperidine rings is 1. The highest BCUT2D eigenvalue weighted by atomic mass is 15.2. The van der Waals surface area contributed by atoms with E-state index in [-0.39, 0.29) is 0 Å². The molecule has 2 rings (SSSR count). The third-order valence-electron chi connectivity index (χ3n) is 5.42. The predicted molar refractivity (Wildman–Crippen MR) is 78.8 cm³/mol. The molecule has 0 aromatic rings. The lowest BCUT2D eigenvalue weighted by Crippen LogP contribution is -2.53. The van der Waals surface area contributed by atoms with E-state index in [1.54, 1.807) is 0 Å². The van der Waals surface area contributed by atoms with Crippen LogP contribution in [0.5, 0.6) is 0 Å². The smallest absolute Gasteiger partial charge is 0.0122 e. The first-order valence-corrected chi connectivity index (χ1v) is 8.06. The molecule has 0 aromatic carbocycles. The van der Waals surface area contributed by atoms with Gasteiger partial charge in [-0.1, -0.05) is 33.1 Å². The largest absolute Gasteiger partial charge is 0.311 e. The van der Waals surface area contributed by atoms with E-state index >= 15 is 0 Å². The minimum absolute atomic E-state index is 0.740. The predicted octanol–water partition coefficient (Wildman–Crippen LogP) is 3.27. The van der Waals surface area contributed by atoms with Crippen LogP contribution in [0.25, 0.3) is 0 Å². The molecule has 0 spiro atoms. The molecule has 1 aliphatic heterocycles. The van der Waals surface area contributed by atoms with Gasteiger partial charge in [0.1, 0.15) is 0 Å². The summed E-state index contributed by atoms with van der Waals surface area (Å²) in [5, 5.41) is 4.00. The number of likely N-dealkylation sites (tertiary alicyclic amines) is 1. The summed E-state index contributed by atoms with van der Waals surface area (Å²) in [5.41, 5.74) is 0. The summed E-state index contributed by atoms with van der Waals surface area (Å²) >= 11 is 0. The van der Waals surface area contributed by atoms with E-state index in [1.807, 2.05) is 0 Å². The topological polar surface area (TPSA) is 15.3 Å². The van der Waals surface area contributed by atoms with Gasteiger partial charge in [0.25, 0.3) is 0 Å². The first-order valence-electron chi connectivity index (χ1n) is 8.06. The Morgan fingerprint density at radius 3 is 2.67 bits per heavy atom. The van der Waals surface area contributed by atoms with E-state index in [1.165, 1.54) is 45.1 Å². The Morgan fingerprint density at radius 1 is 1.17 bits per heavy atom. The van der Waals surface area contributed by atoms with Crippen LogP contribution in [-0.4, -0.2) is 36.6 Å². The van der Waals surface area contributed by atoms with Gasteiger partial charge in [0.05, 0.1) is 0 Å². The number of hydrogen-bond donors (Lipinski definition) is 1. The average Bonchev–Trinajstić information content (AvgIpc) is 2.36. The van der Waals surface area contributed by atoms with Gasteiger partial charge in [0.2, 0.25) is 0 Å². The van der Waals surface area contributed by atoms with Crippen LogP contribution in [-0.2, 0) is 0 Å². The Hall–Kier alpha value is -0.0800. The molecule has 2 heteroatoms. The third kappa shape index (κ3) is 3.48. The molecule has 0 bridgehead atoms. The van der Waals surface area contributed by atoms with Gasteiger partial charge >= 0.3 is 0 Å². The van der Waals surface area contributed by atoms with Crippen LogP contribution in [0.2, 0.25) is 0 Å². The zero-order chi connectivity index (χ0) is 13.1. The number of hydrogen-bond acceptors (Lipinski definition) is 2. The van der Waals surface area contributed by atoms with Crippen LogP contribution in [0.1, 0.15) is 59.3 Å². The molecule has 2 nitrogen and oxygen atoms in total. The minimum atomic E-state index is 0.740. The monoisotopic (exact) mass is 252 g/mol. The van der Waals surface area contributed by atoms with E-state index in [2.05, 4.69) is 38.0 Å². The minimum Gasteiger partial charge on any atom is -0.311 e. The summed E-state index contributed by atoms with van der Waals surface area (Å²) < 4.78 is 0. The fourth-order valence-corrected chi connectivity index (χ4v) is 3.89. The van der Waals surface area contributed by atoms with Gasteiger partial charge in [0.15, 0.2) is 0 Å². The number of nitrogens with zero attached hydrogens (tertiary/aromatic N) is 1. The summed E-state index contributed by atoms with van der Waals surface area (Å²) in [6.45, 7) is 8.40. The van der Waals surface area contributed by atoms with Crippen molar-refractivity contribution in [1.29, 1.82) is 0 Å². The first-order chi connectivity index (χ1) is 8.60. The lowest BCUT2D eigenvalue weighted by molar-refractivity contribution is 0.107. The van der Waals surface area contributed by atoms with Gasteiger partial charge in [-0.05, 0) is 45.1 Å². The fourth-order valence-electron chi connectivity index (χ4n) is 3.89. The molecule has 106 valence electrons. The molecule has 0 amide bonds. The second-order valence-electron chi connectivity index (χ2n) is 6.91. The fraction of sp³-hybridized carbons (Fsp3) is 1.00. The van der Waals surface area contributed by atoms with Crippen LogP contribution in [0.15, 0.2) is 0 Å². The SMILES string of the molecule is CCC1CCCC(NC2CC(C)N(C)CC2C)C1. The first kappa shape index (κ1) is 14.3. The lowest BCUT2D eigenvalue weighted by Gasteiger charge is -2.42. The van der Waals surface area contributed by atoms with E-state index in [9.17, 15) is 0 Å². The molecular weight excluding hydrogens is 220 g/mol. The van der Waals surface area contributed by atoms with Gasteiger partial charge in [-0.25, -0.2) is 0 Å². The number of rotatable bonds is 3. The highest BCUT2D eigenvalue weighted by Gasteiger charge is 2.31. The molecule has 0 radical (unpaired) electrons. The van der Waals surface area contributed by atoms with E-state index in [0.717, 1.165) is 30.0 Å². The van der Waals surface area contributed by atoms with Crippen LogP contribution < -0.4 is 5.32 Å². The molecule has 2 fully saturated rings. The van der Waals surface area contributed by atoms with Gasteiger partial charge in [-0.3, -0.25) is 0 Å². The quantitative estimate of drug-likeness (QED) is 0.829. The molecule has 18 heavy (non-hydrogen) atoms. The average molecular weight is 252 g/mol. The van der Waals surface area contributed by atoms with E-state index < -0.39 is 0 Å². The molecule has 1 saturated carbocycles. The van der Waals surface area contributed by atoms with Gasteiger partial charge in [-0.2, -0.15) is 0 Å². The van der Waals surface area contributed by atoms with Crippen LogP contribution in [0.4, 0.5) is 0 Å². The summed E-state index contributed by atoms with van der Waals surface area (Å²) in [4.78, 5) is 2.51. The van der Waals surface area contributed by atoms with Crippen molar-refractivity contribution in [3.63, 3.8) is 0 Å². The normalized spacial score (nSPS) is 43.0. The maximum Gasteiger partial charge on any atom is 0.0122 e.